The predicted molar refractivity (Wildman–Crippen MR) is 128 cm³/mol. The van der Waals surface area contributed by atoms with Crippen molar-refractivity contribution in [3.05, 3.63) is 68.3 Å². The molecule has 0 bridgehead atoms. The van der Waals surface area contributed by atoms with Gasteiger partial charge in [-0.15, -0.1) is 0 Å². The van der Waals surface area contributed by atoms with Crippen LogP contribution in [0.5, 0.6) is 0 Å². The van der Waals surface area contributed by atoms with E-state index < -0.39 is 5.41 Å². The maximum atomic E-state index is 5.01. The normalized spacial score (nSPS) is 12.4. The van der Waals surface area contributed by atoms with Crippen molar-refractivity contribution in [1.29, 1.82) is 0 Å². The zero-order valence-corrected chi connectivity index (χ0v) is 21.7. The van der Waals surface area contributed by atoms with Crippen molar-refractivity contribution in [2.75, 3.05) is 0 Å². The minimum Gasteiger partial charge on any atom is -0.255 e. The molecule has 0 unspecified atom stereocenters. The second kappa shape index (κ2) is 7.98. The molecule has 0 fully saturated rings. The summed E-state index contributed by atoms with van der Waals surface area (Å²) in [6, 6.07) is 0. The fourth-order valence-electron chi connectivity index (χ4n) is 4.74. The van der Waals surface area contributed by atoms with E-state index in [1.54, 1.807) is 0 Å². The Kier molecular flexibility index (Phi) is 5.96. The Hall–Kier alpha value is -2.76. The zero-order valence-electron chi connectivity index (χ0n) is 21.7. The third-order valence-electron chi connectivity index (χ3n) is 6.60. The van der Waals surface area contributed by atoms with Gasteiger partial charge >= 0.3 is 0 Å². The zero-order chi connectivity index (χ0) is 24.2. The molecule has 0 aliphatic rings. The van der Waals surface area contributed by atoms with Gasteiger partial charge in [0, 0.05) is 22.4 Å². The van der Waals surface area contributed by atoms with Crippen LogP contribution in [-0.2, 0) is 10.8 Å². The van der Waals surface area contributed by atoms with E-state index >= 15 is 0 Å². The number of hydrogen-bond donors (Lipinski definition) is 0. The van der Waals surface area contributed by atoms with Crippen molar-refractivity contribution < 1.29 is 0 Å². The van der Waals surface area contributed by atoms with Crippen LogP contribution in [0.4, 0.5) is 0 Å². The number of rotatable bonds is 4. The van der Waals surface area contributed by atoms with Crippen LogP contribution in [-0.4, -0.2) is 29.9 Å². The summed E-state index contributed by atoms with van der Waals surface area (Å²) in [7, 11) is 0. The van der Waals surface area contributed by atoms with E-state index in [0.717, 1.165) is 68.3 Å². The molecule has 3 rings (SSSR count). The molecule has 32 heavy (non-hydrogen) atoms. The highest BCUT2D eigenvalue weighted by Crippen LogP contribution is 2.37. The first-order valence-corrected chi connectivity index (χ1v) is 11.2. The lowest BCUT2D eigenvalue weighted by Crippen LogP contribution is -2.31. The maximum absolute atomic E-state index is 5.01. The van der Waals surface area contributed by atoms with E-state index in [-0.39, 0.29) is 5.41 Å². The summed E-state index contributed by atoms with van der Waals surface area (Å²) >= 11 is 0. The number of aromatic nitrogens is 6. The van der Waals surface area contributed by atoms with Gasteiger partial charge in [-0.1, -0.05) is 0 Å². The van der Waals surface area contributed by atoms with Crippen LogP contribution in [0.2, 0.25) is 0 Å². The van der Waals surface area contributed by atoms with Gasteiger partial charge in [-0.3, -0.25) is 19.9 Å². The summed E-state index contributed by atoms with van der Waals surface area (Å²) in [5.74, 6) is 0.760. The smallest absolute Gasteiger partial charge is 0.140 e. The first-order chi connectivity index (χ1) is 14.7. The van der Waals surface area contributed by atoms with Crippen LogP contribution in [0.1, 0.15) is 96.0 Å². The molecule has 0 spiro atoms. The number of hydrogen-bond acceptors (Lipinski definition) is 6. The van der Waals surface area contributed by atoms with Gasteiger partial charge < -0.3 is 0 Å². The SMILES string of the molecule is Cc1nc(C)c(C(C)(C)c2nc(C)c(C(C)(C)c3nc(C)c(C)nc3C)c(C)n2)nc1C. The van der Waals surface area contributed by atoms with E-state index in [2.05, 4.69) is 41.5 Å². The predicted octanol–water partition coefficient (Wildman–Crippen LogP) is 5.18. The van der Waals surface area contributed by atoms with E-state index in [1.165, 1.54) is 0 Å². The van der Waals surface area contributed by atoms with Crippen molar-refractivity contribution >= 4 is 0 Å². The molecule has 3 aromatic rings. The Morgan fingerprint density at radius 2 is 0.719 bits per heavy atom. The van der Waals surface area contributed by atoms with Crippen LogP contribution < -0.4 is 0 Å². The summed E-state index contributed by atoms with van der Waals surface area (Å²) in [6.45, 7) is 24.8. The van der Waals surface area contributed by atoms with Gasteiger partial charge in [0.25, 0.3) is 0 Å². The first-order valence-electron chi connectivity index (χ1n) is 11.2. The molecule has 0 saturated carbocycles. The Morgan fingerprint density at radius 1 is 0.375 bits per heavy atom. The topological polar surface area (TPSA) is 77.3 Å². The van der Waals surface area contributed by atoms with Crippen molar-refractivity contribution in [2.24, 2.45) is 0 Å². The van der Waals surface area contributed by atoms with Crippen molar-refractivity contribution in [1.82, 2.24) is 29.9 Å². The Morgan fingerprint density at radius 3 is 1.12 bits per heavy atom. The molecule has 0 aromatic carbocycles. The average molecular weight is 433 g/mol. The highest BCUT2D eigenvalue weighted by Gasteiger charge is 2.36. The Labute approximate surface area is 192 Å². The molecule has 6 heteroatoms. The molecular formula is C26H36N6. The fourth-order valence-corrected chi connectivity index (χ4v) is 4.74. The monoisotopic (exact) mass is 432 g/mol. The average Bonchev–Trinajstić information content (AvgIpc) is 2.66. The van der Waals surface area contributed by atoms with E-state index in [1.807, 2.05) is 41.5 Å². The standard InChI is InChI=1S/C26H36N6/c1-13-15(3)29-22(19(7)27-13)25(9,10)21-17(5)31-24(32-18(21)6)26(11,12)23-20(8)28-14(2)16(4)30-23/h1-12H3. The van der Waals surface area contributed by atoms with Crippen molar-refractivity contribution in [3.8, 4) is 0 Å². The number of nitrogens with zero attached hydrogens (tertiary/aromatic N) is 6. The molecule has 3 aromatic heterocycles. The first kappa shape index (κ1) is 23.9. The second-order valence-electron chi connectivity index (χ2n) is 10.00. The molecule has 170 valence electrons. The second-order valence-corrected chi connectivity index (χ2v) is 10.00. The Balaban J connectivity index is 2.17. The van der Waals surface area contributed by atoms with Crippen LogP contribution in [0.3, 0.4) is 0 Å². The molecule has 6 nitrogen and oxygen atoms in total. The molecule has 0 N–H and O–H groups in total. The van der Waals surface area contributed by atoms with E-state index in [4.69, 9.17) is 29.9 Å². The van der Waals surface area contributed by atoms with Crippen molar-refractivity contribution in [3.63, 3.8) is 0 Å². The lowest BCUT2D eigenvalue weighted by atomic mass is 9.78. The van der Waals surface area contributed by atoms with Crippen molar-refractivity contribution in [2.45, 2.75) is 93.9 Å². The molecule has 0 saturated heterocycles. The summed E-state index contributed by atoms with van der Waals surface area (Å²) < 4.78 is 0. The van der Waals surface area contributed by atoms with Gasteiger partial charge in [0.05, 0.1) is 51.0 Å². The van der Waals surface area contributed by atoms with Gasteiger partial charge in [0.2, 0.25) is 0 Å². The molecule has 0 radical (unpaired) electrons. The molecule has 0 atom stereocenters. The summed E-state index contributed by atoms with van der Waals surface area (Å²) in [4.78, 5) is 29.2. The molecule has 0 aliphatic heterocycles. The van der Waals surface area contributed by atoms with Gasteiger partial charge in [-0.25, -0.2) is 9.97 Å². The lowest BCUT2D eigenvalue weighted by molar-refractivity contribution is 0.537. The van der Waals surface area contributed by atoms with Crippen LogP contribution in [0.25, 0.3) is 0 Å². The minimum absolute atomic E-state index is 0.372. The Bertz CT molecular complexity index is 1180. The van der Waals surface area contributed by atoms with Crippen LogP contribution in [0.15, 0.2) is 0 Å². The van der Waals surface area contributed by atoms with Gasteiger partial charge in [-0.05, 0) is 83.1 Å². The minimum atomic E-state index is -0.468. The summed E-state index contributed by atoms with van der Waals surface area (Å²) in [6.07, 6.45) is 0. The van der Waals surface area contributed by atoms with E-state index in [9.17, 15) is 0 Å². The van der Waals surface area contributed by atoms with E-state index in [0.29, 0.717) is 0 Å². The van der Waals surface area contributed by atoms with Gasteiger partial charge in [-0.2, -0.15) is 0 Å². The highest BCUT2D eigenvalue weighted by molar-refractivity contribution is 5.43. The lowest BCUT2D eigenvalue weighted by Gasteiger charge is -2.31. The molecular weight excluding hydrogens is 396 g/mol. The fraction of sp³-hybridized carbons (Fsp3) is 0.538. The summed E-state index contributed by atoms with van der Waals surface area (Å²) in [5.41, 5.74) is 9.74. The van der Waals surface area contributed by atoms with Crippen LogP contribution >= 0.6 is 0 Å². The summed E-state index contributed by atoms with van der Waals surface area (Å²) in [5, 5.41) is 0. The largest absolute Gasteiger partial charge is 0.255 e. The van der Waals surface area contributed by atoms with Gasteiger partial charge in [0.1, 0.15) is 5.82 Å². The number of aryl methyl sites for hydroxylation is 8. The molecule has 0 amide bonds. The molecule has 3 heterocycles. The van der Waals surface area contributed by atoms with Crippen LogP contribution in [0, 0.1) is 55.4 Å². The molecule has 0 aliphatic carbocycles. The highest BCUT2D eigenvalue weighted by atomic mass is 15.0. The third-order valence-corrected chi connectivity index (χ3v) is 6.60. The quantitative estimate of drug-likeness (QED) is 0.565. The third kappa shape index (κ3) is 3.91. The van der Waals surface area contributed by atoms with Gasteiger partial charge in [0.15, 0.2) is 0 Å². The maximum Gasteiger partial charge on any atom is 0.140 e.